The zero-order chi connectivity index (χ0) is 22.9. The first-order chi connectivity index (χ1) is 15.2. The Morgan fingerprint density at radius 3 is 2.44 bits per heavy atom. The monoisotopic (exact) mass is 459 g/mol. The maximum atomic E-state index is 12.0. The number of piperidine rings is 1. The predicted molar refractivity (Wildman–Crippen MR) is 117 cm³/mol. The van der Waals surface area contributed by atoms with Gasteiger partial charge in [0.25, 0.3) is 0 Å². The summed E-state index contributed by atoms with van der Waals surface area (Å²) in [5.74, 6) is 0. The number of hydrogen-bond acceptors (Lipinski definition) is 8. The van der Waals surface area contributed by atoms with Crippen molar-refractivity contribution < 1.29 is 22.7 Å². The van der Waals surface area contributed by atoms with Crippen LogP contribution in [0.1, 0.15) is 26.7 Å². The van der Waals surface area contributed by atoms with Gasteiger partial charge in [0, 0.05) is 38.4 Å². The molecule has 0 aliphatic carbocycles. The zero-order valence-electron chi connectivity index (χ0n) is 18.1. The number of carbonyl (C=O) groups is 1. The molecule has 1 aliphatic heterocycles. The van der Waals surface area contributed by atoms with E-state index in [9.17, 15) is 13.2 Å². The minimum atomic E-state index is -3.28. The van der Waals surface area contributed by atoms with E-state index in [1.54, 1.807) is 34.1 Å². The van der Waals surface area contributed by atoms with E-state index in [1.807, 2.05) is 13.8 Å². The van der Waals surface area contributed by atoms with Gasteiger partial charge in [0.05, 0.1) is 28.3 Å². The van der Waals surface area contributed by atoms with Gasteiger partial charge < -0.3 is 14.4 Å². The standard InChI is InChI=1S/C21H25N5O5S/c1-14(2)30-21(27)25-10-8-17(9-11-25)31-20-22-12-15-13-23-26(19(15)24-20)16-4-6-18(7-5-16)32(3,28)29/h4-7,12-14,17H,8-11H2,1-3H3. The third kappa shape index (κ3) is 4.82. The van der Waals surface area contributed by atoms with Gasteiger partial charge in [-0.1, -0.05) is 0 Å². The molecule has 4 rings (SSSR count). The first kappa shape index (κ1) is 22.0. The maximum absolute atomic E-state index is 12.0. The molecule has 0 bridgehead atoms. The number of carbonyl (C=O) groups excluding carboxylic acids is 1. The van der Waals surface area contributed by atoms with Crippen LogP contribution in [-0.2, 0) is 14.6 Å². The molecule has 32 heavy (non-hydrogen) atoms. The molecule has 0 spiro atoms. The van der Waals surface area contributed by atoms with Crippen LogP contribution in [0.15, 0.2) is 41.6 Å². The summed E-state index contributed by atoms with van der Waals surface area (Å²) in [4.78, 5) is 22.7. The SMILES string of the molecule is CC(C)OC(=O)N1CCC(Oc2ncc3cnn(-c4ccc(S(C)(=O)=O)cc4)c3n2)CC1. The summed E-state index contributed by atoms with van der Waals surface area (Å²) in [5.41, 5.74) is 1.23. The Kier molecular flexibility index (Phi) is 6.00. The highest BCUT2D eigenvalue weighted by atomic mass is 32.2. The molecule has 0 unspecified atom stereocenters. The van der Waals surface area contributed by atoms with Crippen molar-refractivity contribution in [3.05, 3.63) is 36.7 Å². The highest BCUT2D eigenvalue weighted by Gasteiger charge is 2.26. The van der Waals surface area contributed by atoms with Crippen LogP contribution in [0.3, 0.4) is 0 Å². The highest BCUT2D eigenvalue weighted by molar-refractivity contribution is 7.90. The first-order valence-electron chi connectivity index (χ1n) is 10.3. The Morgan fingerprint density at radius 2 is 1.81 bits per heavy atom. The van der Waals surface area contributed by atoms with E-state index in [1.165, 1.54) is 18.4 Å². The molecule has 1 aliphatic rings. The molecule has 3 aromatic rings. The van der Waals surface area contributed by atoms with E-state index in [2.05, 4.69) is 15.1 Å². The third-order valence-corrected chi connectivity index (χ3v) is 6.23. The Bertz CT molecular complexity index is 1220. The number of ether oxygens (including phenoxy) is 2. The number of rotatable bonds is 5. The Labute approximate surface area is 186 Å². The summed E-state index contributed by atoms with van der Waals surface area (Å²) in [6, 6.07) is 6.66. The van der Waals surface area contributed by atoms with Gasteiger partial charge in [-0.05, 0) is 38.1 Å². The van der Waals surface area contributed by atoms with Gasteiger partial charge in [-0.25, -0.2) is 22.9 Å². The molecule has 1 amide bonds. The normalized spacial score (nSPS) is 15.3. The molecule has 0 N–H and O–H groups in total. The zero-order valence-corrected chi connectivity index (χ0v) is 18.9. The van der Waals surface area contributed by atoms with Crippen LogP contribution in [0.5, 0.6) is 6.01 Å². The molecule has 1 fully saturated rings. The molecule has 10 nitrogen and oxygen atoms in total. The van der Waals surface area contributed by atoms with Gasteiger partial charge in [0.2, 0.25) is 0 Å². The Morgan fingerprint density at radius 1 is 1.12 bits per heavy atom. The van der Waals surface area contributed by atoms with E-state index in [4.69, 9.17) is 9.47 Å². The van der Waals surface area contributed by atoms with Gasteiger partial charge >= 0.3 is 12.1 Å². The number of hydrogen-bond donors (Lipinski definition) is 0. The molecule has 0 radical (unpaired) electrons. The minimum Gasteiger partial charge on any atom is -0.460 e. The molecule has 0 saturated carbocycles. The van der Waals surface area contributed by atoms with Crippen LogP contribution in [0.2, 0.25) is 0 Å². The lowest BCUT2D eigenvalue weighted by atomic mass is 10.1. The van der Waals surface area contributed by atoms with Crippen molar-refractivity contribution >= 4 is 27.0 Å². The smallest absolute Gasteiger partial charge is 0.410 e. The molecule has 0 atom stereocenters. The Hall–Kier alpha value is -3.21. The number of sulfone groups is 1. The van der Waals surface area contributed by atoms with Crippen molar-refractivity contribution in [3.63, 3.8) is 0 Å². The second-order valence-electron chi connectivity index (χ2n) is 7.99. The van der Waals surface area contributed by atoms with Gasteiger partial charge in [0.1, 0.15) is 6.10 Å². The number of fused-ring (bicyclic) bond motifs is 1. The quantitative estimate of drug-likeness (QED) is 0.572. The molecule has 11 heteroatoms. The van der Waals surface area contributed by atoms with E-state index in [0.717, 1.165) is 5.39 Å². The lowest BCUT2D eigenvalue weighted by molar-refractivity contribution is 0.0497. The summed E-state index contributed by atoms with van der Waals surface area (Å²) in [6.45, 7) is 4.74. The largest absolute Gasteiger partial charge is 0.460 e. The van der Waals surface area contributed by atoms with Gasteiger partial charge in [-0.2, -0.15) is 10.1 Å². The molecular weight excluding hydrogens is 434 g/mol. The van der Waals surface area contributed by atoms with Crippen molar-refractivity contribution in [3.8, 4) is 11.7 Å². The van der Waals surface area contributed by atoms with Crippen molar-refractivity contribution in [1.82, 2.24) is 24.6 Å². The fraction of sp³-hybridized carbons (Fsp3) is 0.429. The highest BCUT2D eigenvalue weighted by Crippen LogP contribution is 2.22. The van der Waals surface area contributed by atoms with Crippen LogP contribution in [0.25, 0.3) is 16.7 Å². The van der Waals surface area contributed by atoms with E-state index in [-0.39, 0.29) is 29.2 Å². The van der Waals surface area contributed by atoms with Gasteiger partial charge in [-0.3, -0.25) is 0 Å². The van der Waals surface area contributed by atoms with Crippen molar-refractivity contribution in [2.24, 2.45) is 0 Å². The maximum Gasteiger partial charge on any atom is 0.410 e. The van der Waals surface area contributed by atoms with Crippen LogP contribution >= 0.6 is 0 Å². The number of nitrogens with zero attached hydrogens (tertiary/aromatic N) is 5. The summed E-state index contributed by atoms with van der Waals surface area (Å²) < 4.78 is 36.2. The molecule has 1 aromatic carbocycles. The van der Waals surface area contributed by atoms with Gasteiger partial charge in [0.15, 0.2) is 15.5 Å². The number of aromatic nitrogens is 4. The fourth-order valence-corrected chi connectivity index (χ4v) is 4.09. The molecular formula is C21H25N5O5S. The lowest BCUT2D eigenvalue weighted by Gasteiger charge is -2.31. The summed E-state index contributed by atoms with van der Waals surface area (Å²) in [7, 11) is -3.28. The van der Waals surface area contributed by atoms with Crippen LogP contribution in [0, 0.1) is 0 Å². The third-order valence-electron chi connectivity index (χ3n) is 5.10. The van der Waals surface area contributed by atoms with Gasteiger partial charge in [-0.15, -0.1) is 0 Å². The predicted octanol–water partition coefficient (Wildman–Crippen LogP) is 2.61. The first-order valence-corrected chi connectivity index (χ1v) is 12.2. The molecule has 1 saturated heterocycles. The average molecular weight is 460 g/mol. The number of likely N-dealkylation sites (tertiary alicyclic amines) is 1. The van der Waals surface area contributed by atoms with E-state index < -0.39 is 9.84 Å². The molecule has 170 valence electrons. The number of amides is 1. The summed E-state index contributed by atoms with van der Waals surface area (Å²) >= 11 is 0. The fourth-order valence-electron chi connectivity index (χ4n) is 3.46. The average Bonchev–Trinajstić information content (AvgIpc) is 3.16. The van der Waals surface area contributed by atoms with E-state index >= 15 is 0 Å². The number of benzene rings is 1. The Balaban J connectivity index is 1.47. The summed E-state index contributed by atoms with van der Waals surface area (Å²) in [6.07, 6.45) is 5.19. The molecule has 3 heterocycles. The van der Waals surface area contributed by atoms with Crippen LogP contribution in [0.4, 0.5) is 4.79 Å². The van der Waals surface area contributed by atoms with E-state index in [0.29, 0.717) is 37.3 Å². The minimum absolute atomic E-state index is 0.110. The van der Waals surface area contributed by atoms with Crippen LogP contribution < -0.4 is 4.74 Å². The van der Waals surface area contributed by atoms with Crippen molar-refractivity contribution in [2.45, 2.75) is 43.8 Å². The van der Waals surface area contributed by atoms with Crippen molar-refractivity contribution in [2.75, 3.05) is 19.3 Å². The topological polar surface area (TPSA) is 117 Å². The molecule has 2 aromatic heterocycles. The summed E-state index contributed by atoms with van der Waals surface area (Å²) in [5, 5.41) is 5.08. The lowest BCUT2D eigenvalue weighted by Crippen LogP contribution is -2.42. The second-order valence-corrected chi connectivity index (χ2v) is 10.0. The van der Waals surface area contributed by atoms with Crippen molar-refractivity contribution in [1.29, 1.82) is 0 Å². The van der Waals surface area contributed by atoms with Crippen LogP contribution in [-0.4, -0.2) is 70.7 Å². The second kappa shape index (κ2) is 8.73.